The van der Waals surface area contributed by atoms with E-state index in [2.05, 4.69) is 54.1 Å². The van der Waals surface area contributed by atoms with Crippen LogP contribution in [0, 0.1) is 0 Å². The summed E-state index contributed by atoms with van der Waals surface area (Å²) in [7, 11) is 10.2. The van der Waals surface area contributed by atoms with E-state index < -0.39 is 5.97 Å². The van der Waals surface area contributed by atoms with Gasteiger partial charge in [-0.25, -0.2) is 9.78 Å². The SMILES string of the molecule is COc1cc(OC)c(Cl)c(-c2ccc(C(=O)Nc3ccc(N(C)C4CCN(C)CC4)nc3)c3nccnc23)c1Cl.COc1cc(OC)c(Cl)c(-c2ccc(C(=O)O)c3nccnc23)c1Cl. The fourth-order valence-corrected chi connectivity index (χ4v) is 8.96. The molecule has 1 amide bonds. The maximum atomic E-state index is 13.4. The van der Waals surface area contributed by atoms with Crippen LogP contribution in [0.3, 0.4) is 0 Å². The van der Waals surface area contributed by atoms with Crippen LogP contribution >= 0.6 is 46.4 Å². The molecule has 65 heavy (non-hydrogen) atoms. The van der Waals surface area contributed by atoms with E-state index in [-0.39, 0.29) is 27.0 Å². The number of nitrogens with one attached hydrogen (secondary N) is 1. The summed E-state index contributed by atoms with van der Waals surface area (Å²) < 4.78 is 21.4. The molecule has 8 rings (SSSR count). The summed E-state index contributed by atoms with van der Waals surface area (Å²) in [4.78, 5) is 51.4. The quantitative estimate of drug-likeness (QED) is 0.125. The van der Waals surface area contributed by atoms with Gasteiger partial charge in [0, 0.05) is 72.3 Å². The first kappa shape index (κ1) is 46.8. The van der Waals surface area contributed by atoms with Crippen molar-refractivity contribution in [2.75, 3.05) is 65.8 Å². The first-order valence-electron chi connectivity index (χ1n) is 19.9. The second kappa shape index (κ2) is 20.3. The van der Waals surface area contributed by atoms with Crippen molar-refractivity contribution in [3.8, 4) is 45.3 Å². The highest BCUT2D eigenvalue weighted by Gasteiger charge is 2.26. The van der Waals surface area contributed by atoms with Gasteiger partial charge in [-0.3, -0.25) is 24.7 Å². The van der Waals surface area contributed by atoms with Crippen LogP contribution in [-0.4, -0.2) is 108 Å². The van der Waals surface area contributed by atoms with Gasteiger partial charge < -0.3 is 39.2 Å². The number of amides is 1. The number of ether oxygens (including phenoxy) is 4. The Kier molecular flexibility index (Phi) is 14.6. The molecule has 7 aromatic rings. The third kappa shape index (κ3) is 9.47. The molecule has 336 valence electrons. The van der Waals surface area contributed by atoms with E-state index >= 15 is 0 Å². The molecule has 0 aliphatic carbocycles. The number of pyridine rings is 1. The number of methoxy groups -OCH3 is 4. The minimum atomic E-state index is -1.10. The number of hydrogen-bond acceptors (Lipinski definition) is 13. The van der Waals surface area contributed by atoms with Gasteiger partial charge in [-0.05, 0) is 57.2 Å². The monoisotopic (exact) mass is 958 g/mol. The van der Waals surface area contributed by atoms with Crippen LogP contribution in [-0.2, 0) is 0 Å². The highest BCUT2D eigenvalue weighted by molar-refractivity contribution is 6.42. The number of anilines is 2. The van der Waals surface area contributed by atoms with Crippen LogP contribution in [0.5, 0.6) is 23.0 Å². The molecule has 19 heteroatoms. The van der Waals surface area contributed by atoms with E-state index in [1.807, 2.05) is 12.1 Å². The molecule has 4 aromatic carbocycles. The third-order valence-electron chi connectivity index (χ3n) is 11.0. The zero-order valence-electron chi connectivity index (χ0n) is 36.0. The van der Waals surface area contributed by atoms with Gasteiger partial charge in [-0.1, -0.05) is 58.5 Å². The van der Waals surface area contributed by atoms with Crippen molar-refractivity contribution in [3.05, 3.63) is 111 Å². The van der Waals surface area contributed by atoms with Gasteiger partial charge >= 0.3 is 5.97 Å². The van der Waals surface area contributed by atoms with Gasteiger partial charge in [-0.2, -0.15) is 0 Å². The number of carboxylic acids is 1. The summed E-state index contributed by atoms with van der Waals surface area (Å²) in [5.74, 6) is 0.974. The summed E-state index contributed by atoms with van der Waals surface area (Å²) in [5.41, 5.74) is 4.46. The number of carbonyl (C=O) groups is 2. The number of aromatic nitrogens is 5. The number of likely N-dealkylation sites (tertiary alicyclic amines) is 1. The van der Waals surface area contributed by atoms with E-state index in [4.69, 9.17) is 65.4 Å². The van der Waals surface area contributed by atoms with E-state index in [0.717, 1.165) is 31.7 Å². The smallest absolute Gasteiger partial charge is 0.337 e. The van der Waals surface area contributed by atoms with Crippen LogP contribution in [0.1, 0.15) is 33.6 Å². The predicted molar refractivity (Wildman–Crippen MR) is 254 cm³/mol. The van der Waals surface area contributed by atoms with Crippen LogP contribution in [0.15, 0.2) is 79.5 Å². The van der Waals surface area contributed by atoms with Crippen molar-refractivity contribution in [2.24, 2.45) is 0 Å². The van der Waals surface area contributed by atoms with Crippen molar-refractivity contribution in [1.82, 2.24) is 29.8 Å². The Balaban J connectivity index is 0.000000216. The number of piperidine rings is 1. The molecule has 0 bridgehead atoms. The van der Waals surface area contributed by atoms with E-state index in [0.29, 0.717) is 89.1 Å². The number of carboxylic acid groups (broad SMARTS) is 1. The summed E-state index contributed by atoms with van der Waals surface area (Å²) in [6, 6.07) is 13.9. The number of benzene rings is 4. The lowest BCUT2D eigenvalue weighted by Gasteiger charge is -2.35. The maximum absolute atomic E-state index is 13.4. The largest absolute Gasteiger partial charge is 0.495 e. The number of fused-ring (bicyclic) bond motifs is 2. The Morgan fingerprint density at radius 3 is 1.49 bits per heavy atom. The summed E-state index contributed by atoms with van der Waals surface area (Å²) in [6.45, 7) is 2.14. The zero-order chi connectivity index (χ0) is 46.5. The lowest BCUT2D eigenvalue weighted by molar-refractivity contribution is 0.0698. The molecule has 0 saturated carbocycles. The van der Waals surface area contributed by atoms with Gasteiger partial charge in [0.15, 0.2) is 0 Å². The molecule has 1 aliphatic rings. The Bertz CT molecular complexity index is 2860. The van der Waals surface area contributed by atoms with E-state index in [1.54, 1.807) is 42.7 Å². The van der Waals surface area contributed by atoms with Crippen molar-refractivity contribution >= 4 is 91.9 Å². The fraction of sp³-hybridized carbons (Fsp3) is 0.239. The Morgan fingerprint density at radius 2 is 1.08 bits per heavy atom. The van der Waals surface area contributed by atoms with Crippen molar-refractivity contribution in [2.45, 2.75) is 18.9 Å². The first-order chi connectivity index (χ1) is 31.3. The molecule has 3 aromatic heterocycles. The molecule has 0 atom stereocenters. The van der Waals surface area contributed by atoms with Crippen molar-refractivity contribution < 1.29 is 33.6 Å². The average molecular weight is 961 g/mol. The molecule has 15 nitrogen and oxygen atoms in total. The number of nitrogens with zero attached hydrogens (tertiary/aromatic N) is 7. The molecular weight excluding hydrogens is 918 g/mol. The van der Waals surface area contributed by atoms with Crippen LogP contribution < -0.4 is 29.2 Å². The Hall–Kier alpha value is -6.23. The third-order valence-corrected chi connectivity index (χ3v) is 12.5. The van der Waals surface area contributed by atoms with Crippen LogP contribution in [0.4, 0.5) is 11.5 Å². The minimum Gasteiger partial charge on any atom is -0.495 e. The topological polar surface area (TPSA) is 174 Å². The molecule has 4 heterocycles. The number of rotatable bonds is 11. The molecular formula is C46H42Cl4N8O7. The number of aromatic carboxylic acids is 1. The predicted octanol–water partition coefficient (Wildman–Crippen LogP) is 10.1. The first-order valence-corrected chi connectivity index (χ1v) is 21.4. The molecule has 1 saturated heterocycles. The molecule has 2 N–H and O–H groups in total. The van der Waals surface area contributed by atoms with Gasteiger partial charge in [0.25, 0.3) is 5.91 Å². The lowest BCUT2D eigenvalue weighted by Crippen LogP contribution is -2.42. The Labute approximate surface area is 394 Å². The summed E-state index contributed by atoms with van der Waals surface area (Å²) >= 11 is 26.2. The van der Waals surface area contributed by atoms with Crippen LogP contribution in [0.2, 0.25) is 20.1 Å². The van der Waals surface area contributed by atoms with Gasteiger partial charge in [-0.15, -0.1) is 0 Å². The van der Waals surface area contributed by atoms with Crippen molar-refractivity contribution in [3.63, 3.8) is 0 Å². The molecule has 1 fully saturated rings. The lowest BCUT2D eigenvalue weighted by atomic mass is 9.99. The molecule has 0 unspecified atom stereocenters. The van der Waals surface area contributed by atoms with E-state index in [1.165, 1.54) is 53.1 Å². The molecule has 0 radical (unpaired) electrons. The van der Waals surface area contributed by atoms with E-state index in [9.17, 15) is 14.7 Å². The fourth-order valence-electron chi connectivity index (χ4n) is 7.55. The van der Waals surface area contributed by atoms with Gasteiger partial charge in [0.05, 0.1) is 82.6 Å². The standard InChI is InChI=1S/C29H30Cl2N6O3.C17H12Cl2N2O4/c1-36-13-9-18(10-14-36)37(2)23-8-5-17(16-34-23)35-29(38)20-7-6-19(27-28(20)33-12-11-32-27)24-25(30)21(39-3)15-22(40-4)26(24)31;1-24-10-7-11(25-2)14(19)12(13(10)18)8-3-4-9(17(22)23)16-15(8)20-5-6-21-16/h5-8,11-12,15-16,18H,9-10,13-14H2,1-4H3,(H,35,38);3-7H,1-2H3,(H,22,23). The van der Waals surface area contributed by atoms with Crippen molar-refractivity contribution in [1.29, 1.82) is 0 Å². The summed E-state index contributed by atoms with van der Waals surface area (Å²) in [5, 5.41) is 13.4. The molecule has 1 aliphatic heterocycles. The normalized spacial score (nSPS) is 12.9. The Morgan fingerprint density at radius 1 is 0.646 bits per heavy atom. The number of halogens is 4. The van der Waals surface area contributed by atoms with Gasteiger partial charge in [0.2, 0.25) is 0 Å². The zero-order valence-corrected chi connectivity index (χ0v) is 39.0. The van der Waals surface area contributed by atoms with Crippen LogP contribution in [0.25, 0.3) is 44.3 Å². The van der Waals surface area contributed by atoms with Gasteiger partial charge in [0.1, 0.15) is 39.8 Å². The molecule has 0 spiro atoms. The highest BCUT2D eigenvalue weighted by atomic mass is 35.5. The summed E-state index contributed by atoms with van der Waals surface area (Å²) in [6.07, 6.45) is 9.84. The second-order valence-electron chi connectivity index (χ2n) is 14.7. The average Bonchev–Trinajstić information content (AvgIpc) is 3.32. The second-order valence-corrected chi connectivity index (χ2v) is 16.2. The minimum absolute atomic E-state index is 0.0361. The maximum Gasteiger partial charge on any atom is 0.337 e. The number of carbonyl (C=O) groups excluding carboxylic acids is 1. The highest BCUT2D eigenvalue weighted by Crippen LogP contribution is 2.49. The number of hydrogen-bond donors (Lipinski definition) is 2.